The highest BCUT2D eigenvalue weighted by atomic mass is 19.3. The van der Waals surface area contributed by atoms with Crippen LogP contribution in [0.3, 0.4) is 0 Å². The molecule has 0 aliphatic rings. The van der Waals surface area contributed by atoms with Crippen molar-refractivity contribution >= 4 is 11.6 Å². The Kier molecular flexibility index (Phi) is 5.38. The number of rotatable bonds is 6. The highest BCUT2D eigenvalue weighted by Crippen LogP contribution is 2.28. The number of carbonyl (C=O) groups is 1. The first-order valence-electron chi connectivity index (χ1n) is 7.66. The van der Waals surface area contributed by atoms with Gasteiger partial charge in [-0.25, -0.2) is 4.98 Å². The SMILES string of the molecule is O=C(Nc1cccnc1Oc1ccccc1)c1ccccc1OC(F)F. The molecule has 0 fully saturated rings. The molecule has 0 radical (unpaired) electrons. The summed E-state index contributed by atoms with van der Waals surface area (Å²) in [5.74, 6) is -0.107. The second kappa shape index (κ2) is 8.06. The number of anilines is 1. The second-order valence-corrected chi connectivity index (χ2v) is 5.10. The predicted octanol–water partition coefficient (Wildman–Crippen LogP) is 4.73. The van der Waals surface area contributed by atoms with E-state index in [1.807, 2.05) is 6.07 Å². The van der Waals surface area contributed by atoms with Gasteiger partial charge in [-0.1, -0.05) is 30.3 Å². The van der Waals surface area contributed by atoms with Crippen molar-refractivity contribution in [1.29, 1.82) is 0 Å². The molecule has 1 heterocycles. The van der Waals surface area contributed by atoms with Crippen LogP contribution in [0.25, 0.3) is 0 Å². The molecular weight excluding hydrogens is 342 g/mol. The van der Waals surface area contributed by atoms with E-state index >= 15 is 0 Å². The third-order valence-electron chi connectivity index (χ3n) is 3.32. The fourth-order valence-electron chi connectivity index (χ4n) is 2.21. The summed E-state index contributed by atoms with van der Waals surface area (Å²) in [5.41, 5.74) is 0.274. The minimum atomic E-state index is -3.03. The summed E-state index contributed by atoms with van der Waals surface area (Å²) in [6, 6.07) is 17.9. The fraction of sp³-hybridized carbons (Fsp3) is 0.0526. The van der Waals surface area contributed by atoms with Crippen molar-refractivity contribution in [2.75, 3.05) is 5.32 Å². The van der Waals surface area contributed by atoms with Crippen LogP contribution in [-0.4, -0.2) is 17.5 Å². The van der Waals surface area contributed by atoms with E-state index < -0.39 is 12.5 Å². The average Bonchev–Trinajstić information content (AvgIpc) is 2.64. The Morgan fingerprint density at radius 1 is 0.962 bits per heavy atom. The smallest absolute Gasteiger partial charge is 0.387 e. The quantitative estimate of drug-likeness (QED) is 0.694. The monoisotopic (exact) mass is 356 g/mol. The van der Waals surface area contributed by atoms with Crippen LogP contribution in [0.4, 0.5) is 14.5 Å². The summed E-state index contributed by atoms with van der Waals surface area (Å²) < 4.78 is 35.1. The molecule has 5 nitrogen and oxygen atoms in total. The first-order chi connectivity index (χ1) is 12.6. The molecule has 26 heavy (non-hydrogen) atoms. The number of carbonyl (C=O) groups excluding carboxylic acids is 1. The van der Waals surface area contributed by atoms with Crippen molar-refractivity contribution in [2.45, 2.75) is 6.61 Å². The van der Waals surface area contributed by atoms with E-state index in [9.17, 15) is 13.6 Å². The lowest BCUT2D eigenvalue weighted by molar-refractivity contribution is -0.0501. The van der Waals surface area contributed by atoms with Gasteiger partial charge < -0.3 is 14.8 Å². The zero-order valence-electron chi connectivity index (χ0n) is 13.4. The number of nitrogens with one attached hydrogen (secondary N) is 1. The normalized spacial score (nSPS) is 10.4. The molecule has 132 valence electrons. The minimum absolute atomic E-state index is 0.0256. The fourth-order valence-corrected chi connectivity index (χ4v) is 2.21. The van der Waals surface area contributed by atoms with E-state index in [-0.39, 0.29) is 17.2 Å². The van der Waals surface area contributed by atoms with Crippen LogP contribution in [0.15, 0.2) is 72.9 Å². The van der Waals surface area contributed by atoms with Crippen molar-refractivity contribution < 1.29 is 23.0 Å². The van der Waals surface area contributed by atoms with Gasteiger partial charge in [0.05, 0.1) is 5.56 Å². The third-order valence-corrected chi connectivity index (χ3v) is 3.32. The number of aromatic nitrogens is 1. The van der Waals surface area contributed by atoms with Crippen molar-refractivity contribution in [3.63, 3.8) is 0 Å². The lowest BCUT2D eigenvalue weighted by Gasteiger charge is -2.13. The molecule has 1 amide bonds. The van der Waals surface area contributed by atoms with Crippen LogP contribution in [0.5, 0.6) is 17.4 Å². The maximum atomic E-state index is 12.5. The number of nitrogens with zero attached hydrogens (tertiary/aromatic N) is 1. The Labute approximate surface area is 148 Å². The number of ether oxygens (including phenoxy) is 2. The van der Waals surface area contributed by atoms with Crippen LogP contribution in [0.1, 0.15) is 10.4 Å². The van der Waals surface area contributed by atoms with Gasteiger partial charge in [-0.15, -0.1) is 0 Å². The summed E-state index contributed by atoms with van der Waals surface area (Å²) in [7, 11) is 0. The number of para-hydroxylation sites is 2. The lowest BCUT2D eigenvalue weighted by Crippen LogP contribution is -2.15. The summed E-state index contributed by atoms with van der Waals surface area (Å²) >= 11 is 0. The molecule has 0 aliphatic heterocycles. The molecular formula is C19H14F2N2O3. The standard InChI is InChI=1S/C19H14F2N2O3/c20-19(21)26-16-11-5-4-9-14(16)17(24)23-15-10-6-12-22-18(15)25-13-7-2-1-3-8-13/h1-12,19H,(H,23,24). The van der Waals surface area contributed by atoms with E-state index in [1.54, 1.807) is 42.5 Å². The van der Waals surface area contributed by atoms with E-state index in [2.05, 4.69) is 15.0 Å². The van der Waals surface area contributed by atoms with Gasteiger partial charge in [-0.2, -0.15) is 8.78 Å². The molecule has 0 aliphatic carbocycles. The van der Waals surface area contributed by atoms with Crippen LogP contribution in [-0.2, 0) is 0 Å². The molecule has 0 saturated carbocycles. The number of benzene rings is 2. The molecule has 1 N–H and O–H groups in total. The number of halogens is 2. The van der Waals surface area contributed by atoms with Gasteiger partial charge in [0, 0.05) is 6.20 Å². The van der Waals surface area contributed by atoms with Gasteiger partial charge >= 0.3 is 6.61 Å². The van der Waals surface area contributed by atoms with Gasteiger partial charge in [0.25, 0.3) is 5.91 Å². The molecule has 0 unspecified atom stereocenters. The summed E-state index contributed by atoms with van der Waals surface area (Å²) in [6.45, 7) is -3.03. The van der Waals surface area contributed by atoms with E-state index in [0.29, 0.717) is 11.4 Å². The van der Waals surface area contributed by atoms with E-state index in [0.717, 1.165) is 0 Å². The number of hydrogen-bond acceptors (Lipinski definition) is 4. The Morgan fingerprint density at radius 2 is 1.69 bits per heavy atom. The molecule has 1 aromatic heterocycles. The second-order valence-electron chi connectivity index (χ2n) is 5.10. The van der Waals surface area contributed by atoms with Crippen molar-refractivity contribution in [3.05, 3.63) is 78.5 Å². The third kappa shape index (κ3) is 4.32. The zero-order valence-corrected chi connectivity index (χ0v) is 13.4. The molecule has 3 aromatic rings. The average molecular weight is 356 g/mol. The number of pyridine rings is 1. The van der Waals surface area contributed by atoms with Gasteiger partial charge in [-0.3, -0.25) is 4.79 Å². The van der Waals surface area contributed by atoms with Crippen LogP contribution in [0, 0.1) is 0 Å². The van der Waals surface area contributed by atoms with Gasteiger partial charge in [0.1, 0.15) is 17.2 Å². The predicted molar refractivity (Wildman–Crippen MR) is 91.8 cm³/mol. The highest BCUT2D eigenvalue weighted by molar-refractivity contribution is 6.06. The molecule has 7 heteroatoms. The number of amides is 1. The van der Waals surface area contributed by atoms with Crippen molar-refractivity contribution in [2.24, 2.45) is 0 Å². The van der Waals surface area contributed by atoms with Crippen molar-refractivity contribution in [3.8, 4) is 17.4 Å². The first kappa shape index (κ1) is 17.3. The van der Waals surface area contributed by atoms with Gasteiger partial charge in [-0.05, 0) is 36.4 Å². The molecule has 3 rings (SSSR count). The topological polar surface area (TPSA) is 60.5 Å². The summed E-state index contributed by atoms with van der Waals surface area (Å²) in [5, 5.41) is 2.61. The van der Waals surface area contributed by atoms with Crippen LogP contribution in [0.2, 0.25) is 0 Å². The highest BCUT2D eigenvalue weighted by Gasteiger charge is 2.17. The maximum absolute atomic E-state index is 12.5. The van der Waals surface area contributed by atoms with Crippen molar-refractivity contribution in [1.82, 2.24) is 4.98 Å². The molecule has 0 spiro atoms. The Morgan fingerprint density at radius 3 is 2.46 bits per heavy atom. The summed E-state index contributed by atoms with van der Waals surface area (Å²) in [6.07, 6.45) is 1.52. The number of hydrogen-bond donors (Lipinski definition) is 1. The van der Waals surface area contributed by atoms with Gasteiger partial charge in [0.2, 0.25) is 5.88 Å². The van der Waals surface area contributed by atoms with Gasteiger partial charge in [0.15, 0.2) is 0 Å². The lowest BCUT2D eigenvalue weighted by atomic mass is 10.2. The molecule has 0 bridgehead atoms. The molecule has 2 aromatic carbocycles. The Bertz CT molecular complexity index is 889. The minimum Gasteiger partial charge on any atom is -0.437 e. The number of alkyl halides is 2. The molecule has 0 saturated heterocycles. The van der Waals surface area contributed by atoms with E-state index in [1.165, 1.54) is 24.4 Å². The first-order valence-corrected chi connectivity index (χ1v) is 7.66. The van der Waals surface area contributed by atoms with Crippen LogP contribution < -0.4 is 14.8 Å². The van der Waals surface area contributed by atoms with Crippen LogP contribution >= 0.6 is 0 Å². The van der Waals surface area contributed by atoms with E-state index in [4.69, 9.17) is 4.74 Å². The molecule has 0 atom stereocenters. The summed E-state index contributed by atoms with van der Waals surface area (Å²) in [4.78, 5) is 16.6. The Balaban J connectivity index is 1.83. The Hall–Kier alpha value is -3.48. The maximum Gasteiger partial charge on any atom is 0.387 e. The largest absolute Gasteiger partial charge is 0.437 e. The zero-order chi connectivity index (χ0) is 18.4.